The molecule has 108 valence electrons. The number of aliphatic hydroxyl groups is 1. The third kappa shape index (κ3) is 2.10. The first-order valence-electron chi connectivity index (χ1n) is 7.77. The van der Waals surface area contributed by atoms with Crippen LogP contribution in [0.4, 0.5) is 0 Å². The molecule has 0 amide bonds. The maximum absolute atomic E-state index is 9.96. The molecule has 1 N–H and O–H groups in total. The van der Waals surface area contributed by atoms with E-state index in [2.05, 4.69) is 65.6 Å². The zero-order valence-electron chi connectivity index (χ0n) is 12.2. The van der Waals surface area contributed by atoms with Crippen LogP contribution >= 0.6 is 0 Å². The van der Waals surface area contributed by atoms with Crippen molar-refractivity contribution < 1.29 is 5.11 Å². The van der Waals surface area contributed by atoms with Gasteiger partial charge in [-0.25, -0.2) is 0 Å². The minimum atomic E-state index is 0.107. The van der Waals surface area contributed by atoms with E-state index in [1.165, 1.54) is 17.5 Å². The Balaban J connectivity index is 1.65. The summed E-state index contributed by atoms with van der Waals surface area (Å²) in [5.74, 6) is 0.663. The smallest absolute Gasteiger partial charge is 0.0509 e. The van der Waals surface area contributed by atoms with Gasteiger partial charge in [-0.2, -0.15) is 0 Å². The van der Waals surface area contributed by atoms with Crippen LogP contribution < -0.4 is 0 Å². The highest BCUT2D eigenvalue weighted by molar-refractivity contribution is 5.30. The highest BCUT2D eigenvalue weighted by Gasteiger charge is 2.65. The average molecular weight is 279 g/mol. The fourth-order valence-electron chi connectivity index (χ4n) is 4.17. The lowest BCUT2D eigenvalue weighted by molar-refractivity contribution is 0.120. The van der Waals surface area contributed by atoms with Crippen molar-refractivity contribution in [3.8, 4) is 0 Å². The molecular formula is C19H21NO. The van der Waals surface area contributed by atoms with E-state index in [-0.39, 0.29) is 5.41 Å². The second kappa shape index (κ2) is 4.97. The van der Waals surface area contributed by atoms with Crippen molar-refractivity contribution in [3.63, 3.8) is 0 Å². The zero-order valence-corrected chi connectivity index (χ0v) is 12.2. The topological polar surface area (TPSA) is 23.5 Å². The third-order valence-corrected chi connectivity index (χ3v) is 5.28. The van der Waals surface area contributed by atoms with Crippen LogP contribution in [0.5, 0.6) is 0 Å². The maximum Gasteiger partial charge on any atom is 0.0509 e. The van der Waals surface area contributed by atoms with E-state index in [1.54, 1.807) is 0 Å². The van der Waals surface area contributed by atoms with Crippen LogP contribution in [0.25, 0.3) is 0 Å². The van der Waals surface area contributed by atoms with E-state index in [0.29, 0.717) is 18.6 Å². The predicted molar refractivity (Wildman–Crippen MR) is 83.7 cm³/mol. The zero-order chi connectivity index (χ0) is 14.3. The molecule has 0 aromatic heterocycles. The second-order valence-corrected chi connectivity index (χ2v) is 6.52. The first kappa shape index (κ1) is 13.1. The van der Waals surface area contributed by atoms with Crippen LogP contribution in [0.3, 0.4) is 0 Å². The molecule has 2 nitrogen and oxygen atoms in total. The van der Waals surface area contributed by atoms with E-state index in [9.17, 15) is 5.11 Å². The Morgan fingerprint density at radius 2 is 1.67 bits per heavy atom. The van der Waals surface area contributed by atoms with Gasteiger partial charge >= 0.3 is 0 Å². The second-order valence-electron chi connectivity index (χ2n) is 6.52. The lowest BCUT2D eigenvalue weighted by Crippen LogP contribution is -2.30. The molecule has 2 fully saturated rings. The molecule has 2 aromatic carbocycles. The summed E-state index contributed by atoms with van der Waals surface area (Å²) in [6.07, 6.45) is 1.17. The van der Waals surface area contributed by atoms with Crippen molar-refractivity contribution >= 4 is 0 Å². The Morgan fingerprint density at radius 3 is 2.33 bits per heavy atom. The molecule has 2 aliphatic rings. The minimum Gasteiger partial charge on any atom is -0.396 e. The molecule has 2 aromatic rings. The number of fused-ring (bicyclic) bond motifs is 1. The Morgan fingerprint density at radius 1 is 1.00 bits per heavy atom. The predicted octanol–water partition coefficient (Wildman–Crippen LogP) is 3.24. The largest absolute Gasteiger partial charge is 0.396 e. The van der Waals surface area contributed by atoms with Gasteiger partial charge in [-0.1, -0.05) is 60.7 Å². The monoisotopic (exact) mass is 279 g/mol. The molecule has 1 saturated carbocycles. The number of aliphatic hydroxyl groups excluding tert-OH is 1. The van der Waals surface area contributed by atoms with Gasteiger partial charge in [0.15, 0.2) is 0 Å². The first-order valence-corrected chi connectivity index (χ1v) is 7.77. The summed E-state index contributed by atoms with van der Waals surface area (Å²) in [6.45, 7) is 2.39. The standard InChI is InChI=1S/C19H21NO/c21-14-19-11-17(19)13-20(12-15-7-3-1-4-8-15)18(19)16-9-5-2-6-10-16/h1-10,17-18,21H,11-14H2/t17?,18-,19+/m1/s1. The van der Waals surface area contributed by atoms with Crippen LogP contribution in [0.1, 0.15) is 23.6 Å². The molecule has 0 spiro atoms. The Kier molecular flexibility index (Phi) is 3.09. The molecule has 21 heavy (non-hydrogen) atoms. The normalized spacial score (nSPS) is 31.1. The van der Waals surface area contributed by atoms with E-state index in [1.807, 2.05) is 0 Å². The Labute approximate surface area is 126 Å². The van der Waals surface area contributed by atoms with Gasteiger partial charge in [0.2, 0.25) is 0 Å². The average Bonchev–Trinajstić information content (AvgIpc) is 3.15. The van der Waals surface area contributed by atoms with Gasteiger partial charge in [0.1, 0.15) is 0 Å². The summed E-state index contributed by atoms with van der Waals surface area (Å²) in [5, 5.41) is 9.96. The molecule has 1 unspecified atom stereocenters. The molecule has 0 bridgehead atoms. The third-order valence-electron chi connectivity index (χ3n) is 5.28. The fourth-order valence-corrected chi connectivity index (χ4v) is 4.17. The van der Waals surface area contributed by atoms with Crippen LogP contribution in [-0.2, 0) is 6.54 Å². The molecule has 1 saturated heterocycles. The van der Waals surface area contributed by atoms with Crippen LogP contribution in [0, 0.1) is 11.3 Å². The van der Waals surface area contributed by atoms with Crippen molar-refractivity contribution in [1.82, 2.24) is 4.90 Å². The van der Waals surface area contributed by atoms with Gasteiger partial charge in [-0.05, 0) is 23.5 Å². The number of benzene rings is 2. The number of nitrogens with zero attached hydrogens (tertiary/aromatic N) is 1. The summed E-state index contributed by atoms with van der Waals surface area (Å²) in [6, 6.07) is 21.7. The van der Waals surface area contributed by atoms with E-state index in [4.69, 9.17) is 0 Å². The summed E-state index contributed by atoms with van der Waals surface area (Å²) in [4.78, 5) is 2.55. The lowest BCUT2D eigenvalue weighted by Gasteiger charge is -2.32. The SMILES string of the molecule is OC[C@@]12CC1CN(Cc1ccccc1)[C@@H]2c1ccccc1. The number of piperidine rings is 1. The summed E-state index contributed by atoms with van der Waals surface area (Å²) < 4.78 is 0. The first-order chi connectivity index (χ1) is 10.3. The molecule has 3 atom stereocenters. The van der Waals surface area contributed by atoms with E-state index in [0.717, 1.165) is 13.1 Å². The fraction of sp³-hybridized carbons (Fsp3) is 0.368. The van der Waals surface area contributed by atoms with Gasteiger partial charge in [0.25, 0.3) is 0 Å². The van der Waals surface area contributed by atoms with Crippen molar-refractivity contribution in [2.45, 2.75) is 19.0 Å². The van der Waals surface area contributed by atoms with Crippen LogP contribution in [-0.4, -0.2) is 23.2 Å². The van der Waals surface area contributed by atoms with Gasteiger partial charge in [0.05, 0.1) is 6.61 Å². The molecule has 0 radical (unpaired) electrons. The number of rotatable bonds is 4. The summed E-state index contributed by atoms with van der Waals surface area (Å²) in [5.41, 5.74) is 2.81. The molecule has 1 heterocycles. The van der Waals surface area contributed by atoms with Crippen molar-refractivity contribution in [2.75, 3.05) is 13.2 Å². The summed E-state index contributed by atoms with van der Waals surface area (Å²) in [7, 11) is 0. The molecule has 1 aliphatic heterocycles. The molecular weight excluding hydrogens is 258 g/mol. The highest BCUT2D eigenvalue weighted by atomic mass is 16.3. The lowest BCUT2D eigenvalue weighted by atomic mass is 9.90. The Hall–Kier alpha value is -1.64. The molecule has 2 heteroatoms. The molecule has 1 aliphatic carbocycles. The minimum absolute atomic E-state index is 0.107. The van der Waals surface area contributed by atoms with Crippen molar-refractivity contribution in [1.29, 1.82) is 0 Å². The van der Waals surface area contributed by atoms with Gasteiger partial charge in [-0.15, -0.1) is 0 Å². The van der Waals surface area contributed by atoms with Crippen molar-refractivity contribution in [2.24, 2.45) is 11.3 Å². The highest BCUT2D eigenvalue weighted by Crippen LogP contribution is 2.67. The van der Waals surface area contributed by atoms with Crippen molar-refractivity contribution in [3.05, 3.63) is 71.8 Å². The number of hydrogen-bond acceptors (Lipinski definition) is 2. The Bertz CT molecular complexity index is 608. The number of hydrogen-bond donors (Lipinski definition) is 1. The maximum atomic E-state index is 9.96. The van der Waals surface area contributed by atoms with Gasteiger partial charge in [0, 0.05) is 24.5 Å². The van der Waals surface area contributed by atoms with Gasteiger partial charge in [-0.3, -0.25) is 4.90 Å². The molecule has 4 rings (SSSR count). The van der Waals surface area contributed by atoms with Gasteiger partial charge < -0.3 is 5.11 Å². The summed E-state index contributed by atoms with van der Waals surface area (Å²) >= 11 is 0. The van der Waals surface area contributed by atoms with Crippen LogP contribution in [0.15, 0.2) is 60.7 Å². The van der Waals surface area contributed by atoms with Crippen LogP contribution in [0.2, 0.25) is 0 Å². The number of likely N-dealkylation sites (tertiary alicyclic amines) is 1. The van der Waals surface area contributed by atoms with E-state index >= 15 is 0 Å². The quantitative estimate of drug-likeness (QED) is 0.928. The van der Waals surface area contributed by atoms with E-state index < -0.39 is 0 Å².